The van der Waals surface area contributed by atoms with Crippen molar-refractivity contribution < 1.29 is 26.2 Å². The van der Waals surface area contributed by atoms with Crippen LogP contribution in [0.4, 0.5) is 0 Å². The SMILES string of the molecule is C[C@@H]1C[N@@+]2(Cc3ccccc3)C[C@@](C)(OCc3ccccc3)[C@H]3CC[C@@H]1[C@]32C.[Br-]. The van der Waals surface area contributed by atoms with Crippen molar-refractivity contribution >= 4 is 0 Å². The molecule has 1 aliphatic carbocycles. The molecular formula is C26H34BrNO. The minimum atomic E-state index is -0.0335. The third kappa shape index (κ3) is 3.12. The molecule has 2 aliphatic heterocycles. The van der Waals surface area contributed by atoms with Crippen LogP contribution in [0.25, 0.3) is 0 Å². The third-order valence-corrected chi connectivity index (χ3v) is 8.66. The van der Waals surface area contributed by atoms with Gasteiger partial charge in [0.15, 0.2) is 0 Å². The highest BCUT2D eigenvalue weighted by atomic mass is 79.9. The minimum Gasteiger partial charge on any atom is -1.00 e. The van der Waals surface area contributed by atoms with Gasteiger partial charge in [-0.2, -0.15) is 0 Å². The largest absolute Gasteiger partial charge is 1.00 e. The smallest absolute Gasteiger partial charge is 0.123 e. The Morgan fingerprint density at radius 1 is 0.931 bits per heavy atom. The summed E-state index contributed by atoms with van der Waals surface area (Å²) in [6.45, 7) is 11.9. The summed E-state index contributed by atoms with van der Waals surface area (Å²) in [6, 6.07) is 21.9. The van der Waals surface area contributed by atoms with E-state index in [9.17, 15) is 0 Å². The second-order valence-electron chi connectivity index (χ2n) is 10.2. The van der Waals surface area contributed by atoms with E-state index in [4.69, 9.17) is 4.74 Å². The highest BCUT2D eigenvalue weighted by Gasteiger charge is 2.76. The normalized spacial score (nSPS) is 39.9. The summed E-state index contributed by atoms with van der Waals surface area (Å²) in [4.78, 5) is 0. The molecule has 2 nitrogen and oxygen atoms in total. The van der Waals surface area contributed by atoms with Crippen molar-refractivity contribution in [2.24, 2.45) is 17.8 Å². The van der Waals surface area contributed by atoms with Gasteiger partial charge in [0, 0.05) is 23.3 Å². The fraction of sp³-hybridized carbons (Fsp3) is 0.538. The molecule has 156 valence electrons. The number of quaternary nitrogens is 1. The predicted octanol–water partition coefficient (Wildman–Crippen LogP) is 2.43. The van der Waals surface area contributed by atoms with Crippen molar-refractivity contribution in [1.29, 1.82) is 0 Å². The van der Waals surface area contributed by atoms with Crippen molar-refractivity contribution in [2.45, 2.75) is 57.9 Å². The molecule has 0 spiro atoms. The minimum absolute atomic E-state index is 0. The summed E-state index contributed by atoms with van der Waals surface area (Å²) >= 11 is 0. The standard InChI is InChI=1S/C26H34NO.BrH/c1-20-16-27(17-21-10-6-4-7-11-21)19-25(2,24-15-14-23(20)26(24,27)3)28-18-22-12-8-5-9-13-22;/h4-13,20,23-24H,14-19H2,1-3H3;1H/q+1;/p-1/t20-,23+,24-,25-,26-,27-;/m1./s1. The third-order valence-electron chi connectivity index (χ3n) is 8.66. The molecule has 0 bridgehead atoms. The highest BCUT2D eigenvalue weighted by molar-refractivity contribution is 5.19. The number of ether oxygens (including phenoxy) is 1. The lowest BCUT2D eigenvalue weighted by atomic mass is 9.76. The first kappa shape index (κ1) is 21.1. The van der Waals surface area contributed by atoms with E-state index < -0.39 is 0 Å². The Bertz CT molecular complexity index is 842. The quantitative estimate of drug-likeness (QED) is 0.629. The topological polar surface area (TPSA) is 9.23 Å². The molecule has 1 saturated carbocycles. The lowest BCUT2D eigenvalue weighted by molar-refractivity contribution is -0.967. The Morgan fingerprint density at radius 3 is 2.21 bits per heavy atom. The van der Waals surface area contributed by atoms with Crippen molar-refractivity contribution in [1.82, 2.24) is 0 Å². The van der Waals surface area contributed by atoms with Gasteiger partial charge in [-0.25, -0.2) is 0 Å². The number of rotatable bonds is 5. The zero-order chi connectivity index (χ0) is 19.4. The molecular weight excluding hydrogens is 422 g/mol. The number of hydrogen-bond donors (Lipinski definition) is 0. The van der Waals surface area contributed by atoms with Crippen LogP contribution in [0.2, 0.25) is 0 Å². The van der Waals surface area contributed by atoms with Crippen molar-refractivity contribution in [3.63, 3.8) is 0 Å². The summed E-state index contributed by atoms with van der Waals surface area (Å²) in [5, 5.41) is 0. The van der Waals surface area contributed by atoms with E-state index in [1.54, 1.807) is 0 Å². The first-order valence-electron chi connectivity index (χ1n) is 11.0. The lowest BCUT2D eigenvalue weighted by Crippen LogP contribution is -3.00. The van der Waals surface area contributed by atoms with Gasteiger partial charge in [-0.1, -0.05) is 67.6 Å². The van der Waals surface area contributed by atoms with E-state index in [0.717, 1.165) is 31.5 Å². The first-order chi connectivity index (χ1) is 13.5. The Labute approximate surface area is 186 Å². The molecule has 2 heterocycles. The van der Waals surface area contributed by atoms with Gasteiger partial charge in [-0.15, -0.1) is 0 Å². The van der Waals surface area contributed by atoms with Crippen molar-refractivity contribution in [3.05, 3.63) is 71.8 Å². The average molecular weight is 456 g/mol. The number of benzene rings is 2. The van der Waals surface area contributed by atoms with Gasteiger partial charge >= 0.3 is 0 Å². The second-order valence-corrected chi connectivity index (χ2v) is 10.2. The summed E-state index contributed by atoms with van der Waals surface area (Å²) in [5.74, 6) is 2.31. The number of nitrogens with zero attached hydrogens (tertiary/aromatic N) is 1. The molecule has 2 saturated heterocycles. The summed E-state index contributed by atoms with van der Waals surface area (Å²) in [7, 11) is 0. The number of hydrogen-bond acceptors (Lipinski definition) is 1. The van der Waals surface area contributed by atoms with Crippen LogP contribution in [0, 0.1) is 17.8 Å². The monoisotopic (exact) mass is 455 g/mol. The predicted molar refractivity (Wildman–Crippen MR) is 114 cm³/mol. The first-order valence-corrected chi connectivity index (χ1v) is 11.0. The van der Waals surface area contributed by atoms with E-state index in [0.29, 0.717) is 11.5 Å². The van der Waals surface area contributed by atoms with Crippen LogP contribution in [0.1, 0.15) is 44.7 Å². The molecule has 0 radical (unpaired) electrons. The molecule has 3 heteroatoms. The molecule has 0 N–H and O–H groups in total. The fourth-order valence-corrected chi connectivity index (χ4v) is 7.67. The van der Waals surface area contributed by atoms with Crippen LogP contribution in [0.3, 0.4) is 0 Å². The maximum atomic E-state index is 6.79. The maximum absolute atomic E-state index is 6.79. The maximum Gasteiger partial charge on any atom is 0.123 e. The second kappa shape index (κ2) is 7.51. The molecule has 0 amide bonds. The summed E-state index contributed by atoms with van der Waals surface area (Å²) in [6.07, 6.45) is 2.70. The van der Waals surface area contributed by atoms with Gasteiger partial charge in [-0.3, -0.25) is 0 Å². The zero-order valence-electron chi connectivity index (χ0n) is 18.0. The molecule has 29 heavy (non-hydrogen) atoms. The Kier molecular flexibility index (Phi) is 5.46. The van der Waals surface area contributed by atoms with Gasteiger partial charge in [-0.05, 0) is 32.3 Å². The average Bonchev–Trinajstić information content (AvgIpc) is 3.22. The van der Waals surface area contributed by atoms with Crippen LogP contribution < -0.4 is 17.0 Å². The Hall–Kier alpha value is -1.16. The van der Waals surface area contributed by atoms with Crippen LogP contribution in [-0.4, -0.2) is 28.7 Å². The van der Waals surface area contributed by atoms with Crippen molar-refractivity contribution in [3.8, 4) is 0 Å². The molecule has 3 fully saturated rings. The Morgan fingerprint density at radius 2 is 1.55 bits per heavy atom. The molecule has 5 rings (SSSR count). The summed E-state index contributed by atoms with van der Waals surface area (Å²) in [5.41, 5.74) is 3.09. The Balaban J connectivity index is 0.00000205. The van der Waals surface area contributed by atoms with Gasteiger partial charge in [0.2, 0.25) is 0 Å². The molecule has 0 aromatic heterocycles. The van der Waals surface area contributed by atoms with Crippen molar-refractivity contribution in [2.75, 3.05) is 13.1 Å². The molecule has 6 atom stereocenters. The fourth-order valence-electron chi connectivity index (χ4n) is 7.67. The van der Waals surface area contributed by atoms with Gasteiger partial charge in [0.1, 0.15) is 24.2 Å². The highest BCUT2D eigenvalue weighted by Crippen LogP contribution is 2.65. The van der Waals surface area contributed by atoms with E-state index in [1.807, 2.05) is 0 Å². The zero-order valence-corrected chi connectivity index (χ0v) is 19.6. The van der Waals surface area contributed by atoms with Crippen LogP contribution >= 0.6 is 0 Å². The molecule has 2 aromatic carbocycles. The molecule has 2 aromatic rings. The van der Waals surface area contributed by atoms with Gasteiger partial charge in [0.25, 0.3) is 0 Å². The molecule has 0 unspecified atom stereocenters. The van der Waals surface area contributed by atoms with Gasteiger partial charge in [0.05, 0.1) is 13.2 Å². The van der Waals surface area contributed by atoms with E-state index in [-0.39, 0.29) is 22.6 Å². The van der Waals surface area contributed by atoms with Crippen LogP contribution in [0.5, 0.6) is 0 Å². The lowest BCUT2D eigenvalue weighted by Gasteiger charge is -2.43. The van der Waals surface area contributed by atoms with E-state index in [1.165, 1.54) is 35.0 Å². The van der Waals surface area contributed by atoms with Gasteiger partial charge < -0.3 is 26.2 Å². The van der Waals surface area contributed by atoms with Crippen LogP contribution in [0.15, 0.2) is 60.7 Å². The summed E-state index contributed by atoms with van der Waals surface area (Å²) < 4.78 is 8.01. The molecule has 3 aliphatic rings. The van der Waals surface area contributed by atoms with E-state index in [2.05, 4.69) is 81.4 Å². The van der Waals surface area contributed by atoms with Crippen LogP contribution in [-0.2, 0) is 17.9 Å². The van der Waals surface area contributed by atoms with E-state index >= 15 is 0 Å². The number of halogens is 1.